The van der Waals surface area contributed by atoms with Gasteiger partial charge in [-0.25, -0.2) is 4.39 Å². The highest BCUT2D eigenvalue weighted by atomic mass is 19.1. The van der Waals surface area contributed by atoms with Crippen molar-refractivity contribution in [2.45, 2.75) is 20.0 Å². The number of rotatable bonds is 5. The summed E-state index contributed by atoms with van der Waals surface area (Å²) in [5, 5.41) is 3.01. The van der Waals surface area contributed by atoms with E-state index in [1.807, 2.05) is 44.1 Å². The van der Waals surface area contributed by atoms with Crippen LogP contribution in [0.2, 0.25) is 0 Å². The van der Waals surface area contributed by atoms with Gasteiger partial charge in [0.25, 0.3) is 0 Å². The Morgan fingerprint density at radius 1 is 1.26 bits per heavy atom. The van der Waals surface area contributed by atoms with Gasteiger partial charge in [0.1, 0.15) is 17.3 Å². The molecule has 19 heavy (non-hydrogen) atoms. The third-order valence-corrected chi connectivity index (χ3v) is 2.99. The fourth-order valence-electron chi connectivity index (χ4n) is 2.06. The van der Waals surface area contributed by atoms with Gasteiger partial charge in [0.2, 0.25) is 0 Å². The van der Waals surface area contributed by atoms with Crippen LogP contribution in [0.3, 0.4) is 0 Å². The standard InChI is InChI=1S/C15H19FN2O/c1-11-4-6-13(19-11)10-18(3)15-7-5-12(9-17-2)8-14(15)16/h4-8,17H,9-10H2,1-3H3. The molecular formula is C15H19FN2O. The first-order valence-electron chi connectivity index (χ1n) is 6.29. The summed E-state index contributed by atoms with van der Waals surface area (Å²) in [4.78, 5) is 1.84. The maximum atomic E-state index is 14.0. The molecule has 0 aliphatic carbocycles. The zero-order valence-corrected chi connectivity index (χ0v) is 11.5. The lowest BCUT2D eigenvalue weighted by Crippen LogP contribution is -2.17. The number of furan rings is 1. The number of benzene rings is 1. The smallest absolute Gasteiger partial charge is 0.146 e. The molecule has 2 aromatic rings. The summed E-state index contributed by atoms with van der Waals surface area (Å²) in [5.74, 6) is 1.49. The van der Waals surface area contributed by atoms with Crippen LogP contribution in [0.5, 0.6) is 0 Å². The molecule has 2 rings (SSSR count). The van der Waals surface area contributed by atoms with Crippen LogP contribution in [0.4, 0.5) is 10.1 Å². The second-order valence-corrected chi connectivity index (χ2v) is 4.68. The molecule has 0 saturated heterocycles. The summed E-state index contributed by atoms with van der Waals surface area (Å²) in [5.41, 5.74) is 1.51. The molecule has 0 spiro atoms. The Bertz CT molecular complexity index is 551. The van der Waals surface area contributed by atoms with Crippen LogP contribution in [-0.4, -0.2) is 14.1 Å². The molecule has 0 saturated carbocycles. The molecule has 0 unspecified atom stereocenters. The second-order valence-electron chi connectivity index (χ2n) is 4.68. The molecule has 1 N–H and O–H groups in total. The predicted octanol–water partition coefficient (Wildman–Crippen LogP) is 3.08. The van der Waals surface area contributed by atoms with Crippen LogP contribution < -0.4 is 10.2 Å². The molecule has 3 nitrogen and oxygen atoms in total. The van der Waals surface area contributed by atoms with Gasteiger partial charge in [-0.15, -0.1) is 0 Å². The van der Waals surface area contributed by atoms with Crippen LogP contribution in [0, 0.1) is 12.7 Å². The zero-order chi connectivity index (χ0) is 13.8. The Morgan fingerprint density at radius 2 is 2.05 bits per heavy atom. The highest BCUT2D eigenvalue weighted by Gasteiger charge is 2.10. The van der Waals surface area contributed by atoms with Gasteiger partial charge in [0.05, 0.1) is 12.2 Å². The molecular weight excluding hydrogens is 243 g/mol. The minimum atomic E-state index is -0.210. The summed E-state index contributed by atoms with van der Waals surface area (Å²) in [6, 6.07) is 9.13. The van der Waals surface area contributed by atoms with Crippen molar-refractivity contribution in [3.05, 3.63) is 53.2 Å². The summed E-state index contributed by atoms with van der Waals surface area (Å²) < 4.78 is 19.5. The van der Waals surface area contributed by atoms with Crippen LogP contribution in [0.1, 0.15) is 17.1 Å². The lowest BCUT2D eigenvalue weighted by Gasteiger charge is -2.19. The van der Waals surface area contributed by atoms with E-state index in [1.54, 1.807) is 12.1 Å². The van der Waals surface area contributed by atoms with E-state index in [9.17, 15) is 4.39 Å². The van der Waals surface area contributed by atoms with Crippen molar-refractivity contribution in [1.82, 2.24) is 5.32 Å². The van der Waals surface area contributed by atoms with Crippen molar-refractivity contribution < 1.29 is 8.81 Å². The van der Waals surface area contributed by atoms with Gasteiger partial charge in [-0.05, 0) is 43.8 Å². The highest BCUT2D eigenvalue weighted by molar-refractivity contribution is 5.48. The predicted molar refractivity (Wildman–Crippen MR) is 74.7 cm³/mol. The van der Waals surface area contributed by atoms with Crippen molar-refractivity contribution in [2.75, 3.05) is 19.0 Å². The average molecular weight is 262 g/mol. The van der Waals surface area contributed by atoms with Gasteiger partial charge in [-0.2, -0.15) is 0 Å². The van der Waals surface area contributed by atoms with Gasteiger partial charge in [-0.1, -0.05) is 6.07 Å². The largest absolute Gasteiger partial charge is 0.464 e. The van der Waals surface area contributed by atoms with Crippen LogP contribution in [0.25, 0.3) is 0 Å². The molecule has 1 heterocycles. The third kappa shape index (κ3) is 3.35. The lowest BCUT2D eigenvalue weighted by molar-refractivity contribution is 0.480. The molecule has 0 aliphatic rings. The Hall–Kier alpha value is -1.81. The highest BCUT2D eigenvalue weighted by Crippen LogP contribution is 2.21. The van der Waals surface area contributed by atoms with Gasteiger partial charge < -0.3 is 14.6 Å². The number of nitrogens with zero attached hydrogens (tertiary/aromatic N) is 1. The number of halogens is 1. The van der Waals surface area contributed by atoms with E-state index in [0.717, 1.165) is 17.1 Å². The Morgan fingerprint density at radius 3 is 2.63 bits per heavy atom. The van der Waals surface area contributed by atoms with E-state index in [0.29, 0.717) is 18.8 Å². The van der Waals surface area contributed by atoms with Crippen LogP contribution in [0.15, 0.2) is 34.7 Å². The van der Waals surface area contributed by atoms with E-state index in [-0.39, 0.29) is 5.82 Å². The third-order valence-electron chi connectivity index (χ3n) is 2.99. The summed E-state index contributed by atoms with van der Waals surface area (Å²) in [7, 11) is 3.70. The molecule has 1 aromatic carbocycles. The minimum Gasteiger partial charge on any atom is -0.464 e. The number of nitrogens with one attached hydrogen (secondary N) is 1. The first kappa shape index (κ1) is 13.6. The van der Waals surface area contributed by atoms with Crippen molar-refractivity contribution >= 4 is 5.69 Å². The van der Waals surface area contributed by atoms with E-state index in [1.165, 1.54) is 0 Å². The first-order chi connectivity index (χ1) is 9.10. The molecule has 0 amide bonds. The van der Waals surface area contributed by atoms with Gasteiger partial charge in [0.15, 0.2) is 0 Å². The van der Waals surface area contributed by atoms with Crippen LogP contribution in [-0.2, 0) is 13.1 Å². The van der Waals surface area contributed by atoms with Crippen molar-refractivity contribution in [3.63, 3.8) is 0 Å². The number of hydrogen-bond donors (Lipinski definition) is 1. The quantitative estimate of drug-likeness (QED) is 0.897. The van der Waals surface area contributed by atoms with Gasteiger partial charge in [0, 0.05) is 13.6 Å². The van der Waals surface area contributed by atoms with E-state index < -0.39 is 0 Å². The number of anilines is 1. The van der Waals surface area contributed by atoms with Crippen LogP contribution >= 0.6 is 0 Å². The monoisotopic (exact) mass is 262 g/mol. The summed E-state index contributed by atoms with van der Waals surface area (Å²) in [6.45, 7) is 3.12. The molecule has 0 atom stereocenters. The fraction of sp³-hybridized carbons (Fsp3) is 0.333. The molecule has 4 heteroatoms. The molecule has 1 aromatic heterocycles. The first-order valence-corrected chi connectivity index (χ1v) is 6.29. The zero-order valence-electron chi connectivity index (χ0n) is 11.5. The Kier molecular flexibility index (Phi) is 4.22. The van der Waals surface area contributed by atoms with Crippen molar-refractivity contribution in [2.24, 2.45) is 0 Å². The SMILES string of the molecule is CNCc1ccc(N(C)Cc2ccc(C)o2)c(F)c1. The topological polar surface area (TPSA) is 28.4 Å². The normalized spacial score (nSPS) is 10.7. The Balaban J connectivity index is 2.12. The number of aryl methyl sites for hydroxylation is 1. The van der Waals surface area contributed by atoms with Crippen molar-refractivity contribution in [3.8, 4) is 0 Å². The summed E-state index contributed by atoms with van der Waals surface area (Å²) in [6.07, 6.45) is 0. The average Bonchev–Trinajstić information content (AvgIpc) is 2.75. The number of hydrogen-bond acceptors (Lipinski definition) is 3. The maximum Gasteiger partial charge on any atom is 0.146 e. The minimum absolute atomic E-state index is 0.210. The molecule has 0 aliphatic heterocycles. The molecule has 102 valence electrons. The van der Waals surface area contributed by atoms with Crippen molar-refractivity contribution in [1.29, 1.82) is 0 Å². The Labute approximate surface area is 113 Å². The lowest BCUT2D eigenvalue weighted by atomic mass is 10.2. The molecule has 0 radical (unpaired) electrons. The fourth-order valence-corrected chi connectivity index (χ4v) is 2.06. The maximum absolute atomic E-state index is 14.0. The summed E-state index contributed by atoms with van der Waals surface area (Å²) >= 11 is 0. The molecule has 0 bridgehead atoms. The second kappa shape index (κ2) is 5.89. The van der Waals surface area contributed by atoms with E-state index >= 15 is 0 Å². The van der Waals surface area contributed by atoms with Gasteiger partial charge >= 0.3 is 0 Å². The molecule has 0 fully saturated rings. The van der Waals surface area contributed by atoms with E-state index in [2.05, 4.69) is 5.32 Å². The van der Waals surface area contributed by atoms with Gasteiger partial charge in [-0.3, -0.25) is 0 Å². The van der Waals surface area contributed by atoms with E-state index in [4.69, 9.17) is 4.42 Å².